The van der Waals surface area contributed by atoms with Gasteiger partial charge in [0.25, 0.3) is 0 Å². The molecule has 2 atom stereocenters. The van der Waals surface area contributed by atoms with E-state index >= 15 is 0 Å². The largest absolute Gasteiger partial charge is 0.493 e. The second-order valence-electron chi connectivity index (χ2n) is 4.89. The van der Waals surface area contributed by atoms with Gasteiger partial charge < -0.3 is 9.84 Å². The van der Waals surface area contributed by atoms with E-state index in [0.29, 0.717) is 23.6 Å². The van der Waals surface area contributed by atoms with E-state index in [1.807, 2.05) is 24.3 Å². The Labute approximate surface area is 121 Å². The first-order valence-electron chi connectivity index (χ1n) is 6.51. The third-order valence-corrected chi connectivity index (χ3v) is 4.01. The molecule has 1 heterocycles. The smallest absolute Gasteiger partial charge is 0.123 e. The molecule has 3 rings (SSSR count). The molecule has 2 unspecified atom stereocenters. The third-order valence-electron chi connectivity index (χ3n) is 3.66. The van der Waals surface area contributed by atoms with Crippen molar-refractivity contribution in [3.05, 3.63) is 64.4 Å². The van der Waals surface area contributed by atoms with E-state index in [9.17, 15) is 9.50 Å². The van der Waals surface area contributed by atoms with Crippen LogP contribution in [0.25, 0.3) is 0 Å². The van der Waals surface area contributed by atoms with Crippen molar-refractivity contribution in [2.75, 3.05) is 6.61 Å². The van der Waals surface area contributed by atoms with Crippen molar-refractivity contribution in [2.24, 2.45) is 0 Å². The highest BCUT2D eigenvalue weighted by molar-refractivity contribution is 6.31. The summed E-state index contributed by atoms with van der Waals surface area (Å²) in [6.45, 7) is 0.533. The molecule has 104 valence electrons. The van der Waals surface area contributed by atoms with Gasteiger partial charge in [0, 0.05) is 22.1 Å². The van der Waals surface area contributed by atoms with Gasteiger partial charge in [0.1, 0.15) is 11.6 Å². The van der Waals surface area contributed by atoms with Crippen LogP contribution in [0.5, 0.6) is 5.75 Å². The maximum absolute atomic E-state index is 13.4. The SMILES string of the molecule is OC(c1cc(F)ccc1Cl)C1CCOc2ccccc21. The topological polar surface area (TPSA) is 29.5 Å². The molecular weight excluding hydrogens is 279 g/mol. The van der Waals surface area contributed by atoms with Gasteiger partial charge in [-0.25, -0.2) is 4.39 Å². The molecular formula is C16H14ClFO2. The molecule has 1 aliphatic rings. The Morgan fingerprint density at radius 3 is 2.90 bits per heavy atom. The van der Waals surface area contributed by atoms with Crippen LogP contribution in [-0.2, 0) is 0 Å². The number of ether oxygens (including phenoxy) is 1. The molecule has 0 saturated heterocycles. The first-order chi connectivity index (χ1) is 9.66. The van der Waals surface area contributed by atoms with Crippen molar-refractivity contribution in [3.8, 4) is 5.75 Å². The van der Waals surface area contributed by atoms with E-state index < -0.39 is 11.9 Å². The summed E-state index contributed by atoms with van der Waals surface area (Å²) < 4.78 is 19.0. The van der Waals surface area contributed by atoms with Crippen LogP contribution < -0.4 is 4.74 Å². The maximum Gasteiger partial charge on any atom is 0.123 e. The second-order valence-corrected chi connectivity index (χ2v) is 5.30. The molecule has 0 aliphatic carbocycles. The molecule has 0 spiro atoms. The Bertz CT molecular complexity index is 630. The maximum atomic E-state index is 13.4. The van der Waals surface area contributed by atoms with Gasteiger partial charge in [-0.15, -0.1) is 0 Å². The number of para-hydroxylation sites is 1. The fraction of sp³-hybridized carbons (Fsp3) is 0.250. The molecule has 4 heteroatoms. The van der Waals surface area contributed by atoms with Crippen LogP contribution in [0.2, 0.25) is 5.02 Å². The van der Waals surface area contributed by atoms with E-state index in [-0.39, 0.29) is 5.92 Å². The van der Waals surface area contributed by atoms with Crippen molar-refractivity contribution < 1.29 is 14.2 Å². The van der Waals surface area contributed by atoms with Crippen LogP contribution in [0.1, 0.15) is 29.6 Å². The Morgan fingerprint density at radius 1 is 1.25 bits per heavy atom. The molecule has 1 aliphatic heterocycles. The predicted octanol–water partition coefficient (Wildman–Crippen LogP) is 4.08. The number of rotatable bonds is 2. The number of aliphatic hydroxyl groups is 1. The molecule has 0 fully saturated rings. The molecule has 2 aromatic rings. The molecule has 0 radical (unpaired) electrons. The lowest BCUT2D eigenvalue weighted by molar-refractivity contribution is 0.117. The highest BCUT2D eigenvalue weighted by Gasteiger charge is 2.29. The minimum absolute atomic E-state index is 0.140. The van der Waals surface area contributed by atoms with Gasteiger partial charge >= 0.3 is 0 Å². The summed E-state index contributed by atoms with van der Waals surface area (Å²) in [6, 6.07) is 11.7. The number of aliphatic hydroxyl groups excluding tert-OH is 1. The zero-order valence-corrected chi connectivity index (χ0v) is 11.5. The fourth-order valence-corrected chi connectivity index (χ4v) is 2.88. The lowest BCUT2D eigenvalue weighted by Crippen LogP contribution is -2.20. The Hall–Kier alpha value is -1.58. The molecule has 20 heavy (non-hydrogen) atoms. The molecule has 0 saturated carbocycles. The van der Waals surface area contributed by atoms with E-state index in [0.717, 1.165) is 11.3 Å². The average molecular weight is 293 g/mol. The zero-order valence-electron chi connectivity index (χ0n) is 10.7. The van der Waals surface area contributed by atoms with Gasteiger partial charge in [0.05, 0.1) is 12.7 Å². The minimum atomic E-state index is -0.844. The van der Waals surface area contributed by atoms with Gasteiger partial charge in [-0.05, 0) is 30.7 Å². The van der Waals surface area contributed by atoms with Crippen molar-refractivity contribution in [2.45, 2.75) is 18.4 Å². The number of hydrogen-bond acceptors (Lipinski definition) is 2. The number of halogens is 2. The standard InChI is InChI=1S/C16H14ClFO2/c17-14-6-5-10(18)9-13(14)16(19)12-7-8-20-15-4-2-1-3-11(12)15/h1-6,9,12,16,19H,7-8H2. The van der Waals surface area contributed by atoms with E-state index in [2.05, 4.69) is 0 Å². The average Bonchev–Trinajstić information content (AvgIpc) is 2.48. The summed E-state index contributed by atoms with van der Waals surface area (Å²) in [6.07, 6.45) is -0.173. The molecule has 0 aromatic heterocycles. The number of fused-ring (bicyclic) bond motifs is 1. The second kappa shape index (κ2) is 5.43. The van der Waals surface area contributed by atoms with Crippen LogP contribution in [0, 0.1) is 5.82 Å². The van der Waals surface area contributed by atoms with Crippen molar-refractivity contribution in [3.63, 3.8) is 0 Å². The Balaban J connectivity index is 1.99. The molecule has 0 amide bonds. The first kappa shape index (κ1) is 13.4. The summed E-state index contributed by atoms with van der Waals surface area (Å²) >= 11 is 6.08. The Kier molecular flexibility index (Phi) is 3.64. The van der Waals surface area contributed by atoms with Crippen LogP contribution in [0.15, 0.2) is 42.5 Å². The lowest BCUT2D eigenvalue weighted by atomic mass is 9.85. The summed E-state index contributed by atoms with van der Waals surface area (Å²) in [5.74, 6) is 0.235. The molecule has 2 nitrogen and oxygen atoms in total. The quantitative estimate of drug-likeness (QED) is 0.904. The zero-order chi connectivity index (χ0) is 14.1. The summed E-state index contributed by atoms with van der Waals surface area (Å²) in [7, 11) is 0. The van der Waals surface area contributed by atoms with Crippen LogP contribution in [0.3, 0.4) is 0 Å². The fourth-order valence-electron chi connectivity index (χ4n) is 2.66. The van der Waals surface area contributed by atoms with Gasteiger partial charge in [0.2, 0.25) is 0 Å². The highest BCUT2D eigenvalue weighted by atomic mass is 35.5. The van der Waals surface area contributed by atoms with E-state index in [4.69, 9.17) is 16.3 Å². The van der Waals surface area contributed by atoms with E-state index in [1.54, 1.807) is 0 Å². The molecule has 0 bridgehead atoms. The van der Waals surface area contributed by atoms with Gasteiger partial charge in [-0.3, -0.25) is 0 Å². The lowest BCUT2D eigenvalue weighted by Gasteiger charge is -2.30. The summed E-state index contributed by atoms with van der Waals surface area (Å²) in [4.78, 5) is 0. The monoisotopic (exact) mass is 292 g/mol. The molecule has 2 aromatic carbocycles. The minimum Gasteiger partial charge on any atom is -0.493 e. The summed E-state index contributed by atoms with van der Waals surface area (Å²) in [5.41, 5.74) is 1.36. The predicted molar refractivity (Wildman–Crippen MR) is 75.7 cm³/mol. The number of hydrogen-bond donors (Lipinski definition) is 1. The van der Waals surface area contributed by atoms with Crippen molar-refractivity contribution in [1.29, 1.82) is 0 Å². The van der Waals surface area contributed by atoms with Crippen LogP contribution >= 0.6 is 11.6 Å². The normalized spacial score (nSPS) is 19.1. The van der Waals surface area contributed by atoms with Crippen molar-refractivity contribution in [1.82, 2.24) is 0 Å². The van der Waals surface area contributed by atoms with Crippen LogP contribution in [0.4, 0.5) is 4.39 Å². The Morgan fingerprint density at radius 2 is 2.05 bits per heavy atom. The summed E-state index contributed by atoms with van der Waals surface area (Å²) in [5, 5.41) is 11.0. The first-order valence-corrected chi connectivity index (χ1v) is 6.89. The van der Waals surface area contributed by atoms with Gasteiger partial charge in [-0.1, -0.05) is 29.8 Å². The van der Waals surface area contributed by atoms with Gasteiger partial charge in [-0.2, -0.15) is 0 Å². The third kappa shape index (κ3) is 2.39. The molecule has 1 N–H and O–H groups in total. The van der Waals surface area contributed by atoms with Gasteiger partial charge in [0.15, 0.2) is 0 Å². The van der Waals surface area contributed by atoms with Crippen LogP contribution in [-0.4, -0.2) is 11.7 Å². The van der Waals surface area contributed by atoms with Crippen molar-refractivity contribution >= 4 is 11.6 Å². The number of benzene rings is 2. The van der Waals surface area contributed by atoms with E-state index in [1.165, 1.54) is 18.2 Å². The highest BCUT2D eigenvalue weighted by Crippen LogP contribution is 2.42.